The SMILES string of the molecule is COc1ccc(CNC(=O)COc2ccc(C)cc2C)cc1OC(F)F. The van der Waals surface area contributed by atoms with Crippen molar-refractivity contribution in [1.29, 1.82) is 0 Å². The molecule has 140 valence electrons. The van der Waals surface area contributed by atoms with Crippen LogP contribution in [0.25, 0.3) is 0 Å². The van der Waals surface area contributed by atoms with Gasteiger partial charge in [-0.25, -0.2) is 0 Å². The lowest BCUT2D eigenvalue weighted by Gasteiger charge is -2.13. The van der Waals surface area contributed by atoms with Crippen molar-refractivity contribution in [3.05, 3.63) is 53.1 Å². The van der Waals surface area contributed by atoms with Gasteiger partial charge in [-0.15, -0.1) is 0 Å². The van der Waals surface area contributed by atoms with Gasteiger partial charge < -0.3 is 19.5 Å². The minimum atomic E-state index is -2.96. The number of hydrogen-bond acceptors (Lipinski definition) is 4. The van der Waals surface area contributed by atoms with E-state index in [-0.39, 0.29) is 30.6 Å². The molecule has 2 rings (SSSR count). The number of carbonyl (C=O) groups excluding carboxylic acids is 1. The van der Waals surface area contributed by atoms with Crippen LogP contribution >= 0.6 is 0 Å². The Labute approximate surface area is 150 Å². The van der Waals surface area contributed by atoms with Gasteiger partial charge in [0, 0.05) is 6.54 Å². The predicted octanol–water partition coefficient (Wildman–Crippen LogP) is 3.61. The van der Waals surface area contributed by atoms with Crippen molar-refractivity contribution < 1.29 is 27.8 Å². The van der Waals surface area contributed by atoms with Crippen LogP contribution in [0.5, 0.6) is 17.2 Å². The highest BCUT2D eigenvalue weighted by Crippen LogP contribution is 2.29. The highest BCUT2D eigenvalue weighted by Gasteiger charge is 2.12. The molecule has 5 nitrogen and oxygen atoms in total. The van der Waals surface area contributed by atoms with Crippen molar-refractivity contribution in [2.45, 2.75) is 27.0 Å². The van der Waals surface area contributed by atoms with Gasteiger partial charge in [-0.2, -0.15) is 8.78 Å². The van der Waals surface area contributed by atoms with Crippen LogP contribution in [0.4, 0.5) is 8.78 Å². The second kappa shape index (κ2) is 9.03. The summed E-state index contributed by atoms with van der Waals surface area (Å²) in [6.07, 6.45) is 0. The highest BCUT2D eigenvalue weighted by molar-refractivity contribution is 5.77. The summed E-state index contributed by atoms with van der Waals surface area (Å²) in [5.41, 5.74) is 2.66. The van der Waals surface area contributed by atoms with Gasteiger partial charge in [0.05, 0.1) is 7.11 Å². The maximum absolute atomic E-state index is 12.4. The van der Waals surface area contributed by atoms with Crippen molar-refractivity contribution >= 4 is 5.91 Å². The molecule has 0 spiro atoms. The third-order valence-corrected chi connectivity index (χ3v) is 3.62. The molecule has 0 radical (unpaired) electrons. The van der Waals surface area contributed by atoms with Gasteiger partial charge in [0.25, 0.3) is 5.91 Å². The standard InChI is InChI=1S/C19H21F2NO4/c1-12-4-6-15(13(2)8-12)25-11-18(23)22-10-14-5-7-16(24-3)17(9-14)26-19(20)21/h4-9,19H,10-11H2,1-3H3,(H,22,23). The number of halogens is 2. The molecule has 0 heterocycles. The molecular weight excluding hydrogens is 344 g/mol. The van der Waals surface area contributed by atoms with Crippen LogP contribution in [0, 0.1) is 13.8 Å². The molecule has 0 aliphatic heterocycles. The summed E-state index contributed by atoms with van der Waals surface area (Å²) in [6.45, 7) is 0.936. The van der Waals surface area contributed by atoms with E-state index < -0.39 is 6.61 Å². The van der Waals surface area contributed by atoms with Crippen LogP contribution < -0.4 is 19.5 Å². The Morgan fingerprint density at radius 3 is 2.46 bits per heavy atom. The fourth-order valence-corrected chi connectivity index (χ4v) is 2.38. The van der Waals surface area contributed by atoms with E-state index >= 15 is 0 Å². The molecular formula is C19H21F2NO4. The molecule has 0 aromatic heterocycles. The molecule has 0 saturated heterocycles. The Morgan fingerprint density at radius 1 is 1.08 bits per heavy atom. The number of carbonyl (C=O) groups is 1. The largest absolute Gasteiger partial charge is 0.493 e. The van der Waals surface area contributed by atoms with E-state index in [1.54, 1.807) is 6.07 Å². The number of amides is 1. The maximum atomic E-state index is 12.4. The number of benzene rings is 2. The smallest absolute Gasteiger partial charge is 0.387 e. The molecule has 1 amide bonds. The molecule has 2 aromatic carbocycles. The normalized spacial score (nSPS) is 10.5. The average Bonchev–Trinajstić information content (AvgIpc) is 2.59. The van der Waals surface area contributed by atoms with Crippen molar-refractivity contribution in [2.24, 2.45) is 0 Å². The van der Waals surface area contributed by atoms with Gasteiger partial charge >= 0.3 is 6.61 Å². The van der Waals surface area contributed by atoms with E-state index in [4.69, 9.17) is 9.47 Å². The Balaban J connectivity index is 1.90. The lowest BCUT2D eigenvalue weighted by atomic mass is 10.1. The van der Waals surface area contributed by atoms with Crippen molar-refractivity contribution in [1.82, 2.24) is 5.32 Å². The Kier molecular flexibility index (Phi) is 6.77. The average molecular weight is 365 g/mol. The molecule has 0 aliphatic carbocycles. The summed E-state index contributed by atoms with van der Waals surface area (Å²) in [6, 6.07) is 10.2. The van der Waals surface area contributed by atoms with Gasteiger partial charge in [-0.3, -0.25) is 4.79 Å². The highest BCUT2D eigenvalue weighted by atomic mass is 19.3. The van der Waals surface area contributed by atoms with Crippen LogP contribution in [0.3, 0.4) is 0 Å². The molecule has 0 aliphatic rings. The zero-order chi connectivity index (χ0) is 19.1. The first-order valence-corrected chi connectivity index (χ1v) is 7.97. The van der Waals surface area contributed by atoms with Crippen LogP contribution in [0.15, 0.2) is 36.4 Å². The van der Waals surface area contributed by atoms with E-state index in [9.17, 15) is 13.6 Å². The number of rotatable bonds is 8. The van der Waals surface area contributed by atoms with E-state index in [1.165, 1.54) is 19.2 Å². The van der Waals surface area contributed by atoms with Gasteiger partial charge in [0.15, 0.2) is 18.1 Å². The van der Waals surface area contributed by atoms with E-state index in [1.807, 2.05) is 32.0 Å². The van der Waals surface area contributed by atoms with Crippen LogP contribution in [-0.4, -0.2) is 26.2 Å². The van der Waals surface area contributed by atoms with Crippen LogP contribution in [-0.2, 0) is 11.3 Å². The number of aryl methyl sites for hydroxylation is 2. The minimum absolute atomic E-state index is 0.0826. The third-order valence-electron chi connectivity index (χ3n) is 3.62. The predicted molar refractivity (Wildman–Crippen MR) is 92.9 cm³/mol. The molecule has 0 atom stereocenters. The number of alkyl halides is 2. The second-order valence-electron chi connectivity index (χ2n) is 5.70. The molecule has 0 bridgehead atoms. The summed E-state index contributed by atoms with van der Waals surface area (Å²) in [5.74, 6) is 0.430. The molecule has 7 heteroatoms. The fourth-order valence-electron chi connectivity index (χ4n) is 2.38. The zero-order valence-electron chi connectivity index (χ0n) is 14.8. The molecule has 0 unspecified atom stereocenters. The second-order valence-corrected chi connectivity index (χ2v) is 5.70. The van der Waals surface area contributed by atoms with Crippen molar-refractivity contribution in [2.75, 3.05) is 13.7 Å². The Bertz CT molecular complexity index is 765. The van der Waals surface area contributed by atoms with Gasteiger partial charge in [0.1, 0.15) is 5.75 Å². The number of hydrogen-bond donors (Lipinski definition) is 1. The van der Waals surface area contributed by atoms with Gasteiger partial charge in [-0.1, -0.05) is 23.8 Å². The quantitative estimate of drug-likeness (QED) is 0.776. The molecule has 1 N–H and O–H groups in total. The van der Waals surface area contributed by atoms with Crippen LogP contribution in [0.2, 0.25) is 0 Å². The molecule has 2 aromatic rings. The molecule has 26 heavy (non-hydrogen) atoms. The molecule has 0 saturated carbocycles. The first-order chi connectivity index (χ1) is 12.4. The fraction of sp³-hybridized carbons (Fsp3) is 0.316. The summed E-state index contributed by atoms with van der Waals surface area (Å²) in [7, 11) is 1.36. The maximum Gasteiger partial charge on any atom is 0.387 e. The van der Waals surface area contributed by atoms with Crippen molar-refractivity contribution in [3.63, 3.8) is 0 Å². The number of ether oxygens (including phenoxy) is 3. The van der Waals surface area contributed by atoms with Crippen molar-refractivity contribution in [3.8, 4) is 17.2 Å². The van der Waals surface area contributed by atoms with E-state index in [0.29, 0.717) is 11.3 Å². The first kappa shape index (κ1) is 19.5. The zero-order valence-corrected chi connectivity index (χ0v) is 14.8. The summed E-state index contributed by atoms with van der Waals surface area (Å²) in [4.78, 5) is 11.9. The third kappa shape index (κ3) is 5.61. The minimum Gasteiger partial charge on any atom is -0.493 e. The van der Waals surface area contributed by atoms with Gasteiger partial charge in [0.2, 0.25) is 0 Å². The Hall–Kier alpha value is -2.83. The van der Waals surface area contributed by atoms with Crippen LogP contribution in [0.1, 0.15) is 16.7 Å². The molecule has 0 fully saturated rings. The number of nitrogens with one attached hydrogen (secondary N) is 1. The van der Waals surface area contributed by atoms with Gasteiger partial charge in [-0.05, 0) is 43.2 Å². The Morgan fingerprint density at radius 2 is 1.81 bits per heavy atom. The summed E-state index contributed by atoms with van der Waals surface area (Å²) in [5, 5.41) is 2.67. The number of methoxy groups -OCH3 is 1. The first-order valence-electron chi connectivity index (χ1n) is 7.97. The topological polar surface area (TPSA) is 56.8 Å². The van der Waals surface area contributed by atoms with E-state index in [0.717, 1.165) is 11.1 Å². The monoisotopic (exact) mass is 365 g/mol. The lowest BCUT2D eigenvalue weighted by molar-refractivity contribution is -0.123. The lowest BCUT2D eigenvalue weighted by Crippen LogP contribution is -2.28. The summed E-state index contributed by atoms with van der Waals surface area (Å²) < 4.78 is 39.8. The summed E-state index contributed by atoms with van der Waals surface area (Å²) >= 11 is 0. The van der Waals surface area contributed by atoms with E-state index in [2.05, 4.69) is 10.1 Å².